The first-order valence-corrected chi connectivity index (χ1v) is 6.43. The molecule has 3 aromatic rings. The van der Waals surface area contributed by atoms with Crippen molar-refractivity contribution in [3.05, 3.63) is 53.9 Å². The van der Waals surface area contributed by atoms with Crippen LogP contribution in [-0.2, 0) is 0 Å². The summed E-state index contributed by atoms with van der Waals surface area (Å²) in [7, 11) is 0. The number of nitrogens with zero attached hydrogens (tertiary/aromatic N) is 4. The normalized spacial score (nSPS) is 10.6. The molecule has 0 fully saturated rings. The maximum Gasteiger partial charge on any atom is 0.259 e. The van der Waals surface area contributed by atoms with Gasteiger partial charge >= 0.3 is 0 Å². The molecule has 2 aromatic heterocycles. The number of benzene rings is 1. The molecule has 0 radical (unpaired) electrons. The first-order chi connectivity index (χ1) is 10.1. The number of aryl methyl sites for hydroxylation is 2. The number of hydrogen-bond acceptors (Lipinski definition) is 4. The number of aromatic nitrogens is 5. The van der Waals surface area contributed by atoms with Crippen molar-refractivity contribution in [2.45, 2.75) is 13.8 Å². The van der Waals surface area contributed by atoms with Crippen molar-refractivity contribution in [2.24, 2.45) is 0 Å². The van der Waals surface area contributed by atoms with Gasteiger partial charge < -0.3 is 5.32 Å². The van der Waals surface area contributed by atoms with Crippen LogP contribution in [-0.4, -0.2) is 30.9 Å². The Balaban J connectivity index is 1.86. The van der Waals surface area contributed by atoms with Crippen LogP contribution in [0.25, 0.3) is 5.69 Å². The Morgan fingerprint density at radius 3 is 2.67 bits per heavy atom. The predicted octanol–water partition coefficient (Wildman–Crippen LogP) is 1.86. The molecule has 7 heteroatoms. The summed E-state index contributed by atoms with van der Waals surface area (Å²) < 4.78 is 1.77. The third-order valence-electron chi connectivity index (χ3n) is 3.18. The quantitative estimate of drug-likeness (QED) is 0.767. The van der Waals surface area contributed by atoms with Gasteiger partial charge in [0.25, 0.3) is 5.91 Å². The van der Waals surface area contributed by atoms with Gasteiger partial charge in [-0.25, -0.2) is 0 Å². The zero-order valence-electron chi connectivity index (χ0n) is 11.7. The second-order valence-electron chi connectivity index (χ2n) is 4.68. The van der Waals surface area contributed by atoms with Crippen molar-refractivity contribution >= 4 is 11.6 Å². The van der Waals surface area contributed by atoms with E-state index in [1.807, 2.05) is 31.2 Å². The summed E-state index contributed by atoms with van der Waals surface area (Å²) in [5.41, 5.74) is 3.58. The number of carbonyl (C=O) groups excluding carboxylic acids is 1. The van der Waals surface area contributed by atoms with Gasteiger partial charge in [-0.15, -0.1) is 10.2 Å². The summed E-state index contributed by atoms with van der Waals surface area (Å²) in [6.45, 7) is 3.62. The van der Waals surface area contributed by atoms with Crippen molar-refractivity contribution in [3.63, 3.8) is 0 Å². The number of hydrogen-bond donors (Lipinski definition) is 2. The van der Waals surface area contributed by atoms with E-state index in [9.17, 15) is 4.79 Å². The second kappa shape index (κ2) is 5.20. The molecule has 1 aromatic carbocycles. The number of nitrogens with one attached hydrogen (secondary N) is 2. The van der Waals surface area contributed by atoms with Crippen LogP contribution in [0.4, 0.5) is 5.69 Å². The van der Waals surface area contributed by atoms with Crippen molar-refractivity contribution in [1.29, 1.82) is 0 Å². The van der Waals surface area contributed by atoms with Crippen LogP contribution in [0, 0.1) is 13.8 Å². The standard InChI is InChI=1S/C14H14N6O/c1-9-13(10(2)19-18-9)14(21)17-11-4-3-5-12(6-11)20-7-15-16-8-20/h3-8H,1-2H3,(H,17,21)(H,18,19). The van der Waals surface area contributed by atoms with Crippen LogP contribution < -0.4 is 5.32 Å². The molecular weight excluding hydrogens is 268 g/mol. The van der Waals surface area contributed by atoms with Crippen molar-refractivity contribution in [3.8, 4) is 5.69 Å². The highest BCUT2D eigenvalue weighted by Crippen LogP contribution is 2.17. The molecule has 0 spiro atoms. The number of rotatable bonds is 3. The predicted molar refractivity (Wildman–Crippen MR) is 77.4 cm³/mol. The Morgan fingerprint density at radius 2 is 2.00 bits per heavy atom. The minimum atomic E-state index is -0.181. The summed E-state index contributed by atoms with van der Waals surface area (Å²) in [5.74, 6) is -0.181. The molecule has 0 aliphatic carbocycles. The molecule has 0 aliphatic heterocycles. The number of H-pyrrole nitrogens is 1. The van der Waals surface area contributed by atoms with E-state index in [1.165, 1.54) is 0 Å². The molecule has 3 rings (SSSR count). The van der Waals surface area contributed by atoms with Gasteiger partial charge in [-0.2, -0.15) is 5.10 Å². The Kier molecular flexibility index (Phi) is 3.23. The Hall–Kier alpha value is -2.96. The van der Waals surface area contributed by atoms with Crippen molar-refractivity contribution < 1.29 is 4.79 Å². The first-order valence-electron chi connectivity index (χ1n) is 6.43. The van der Waals surface area contributed by atoms with E-state index >= 15 is 0 Å². The van der Waals surface area contributed by atoms with Gasteiger partial charge in [0.2, 0.25) is 0 Å². The lowest BCUT2D eigenvalue weighted by Gasteiger charge is -2.07. The minimum absolute atomic E-state index is 0.181. The second-order valence-corrected chi connectivity index (χ2v) is 4.68. The molecule has 0 aliphatic rings. The maximum absolute atomic E-state index is 12.3. The topological polar surface area (TPSA) is 88.5 Å². The molecule has 0 saturated heterocycles. The summed E-state index contributed by atoms with van der Waals surface area (Å²) in [6.07, 6.45) is 3.20. The highest BCUT2D eigenvalue weighted by atomic mass is 16.1. The fourth-order valence-electron chi connectivity index (χ4n) is 2.16. The lowest BCUT2D eigenvalue weighted by Crippen LogP contribution is -2.13. The van der Waals surface area contributed by atoms with Gasteiger partial charge in [-0.05, 0) is 32.0 Å². The fraction of sp³-hybridized carbons (Fsp3) is 0.143. The van der Waals surface area contributed by atoms with Gasteiger partial charge in [0.15, 0.2) is 0 Å². The summed E-state index contributed by atoms with van der Waals surface area (Å²) in [6, 6.07) is 7.45. The van der Waals surface area contributed by atoms with E-state index < -0.39 is 0 Å². The third kappa shape index (κ3) is 2.53. The van der Waals surface area contributed by atoms with Gasteiger partial charge in [0, 0.05) is 11.4 Å². The van der Waals surface area contributed by atoms with Crippen LogP contribution in [0.3, 0.4) is 0 Å². The van der Waals surface area contributed by atoms with Gasteiger partial charge in [-0.1, -0.05) is 6.07 Å². The van der Waals surface area contributed by atoms with Crippen LogP contribution in [0.15, 0.2) is 36.9 Å². The monoisotopic (exact) mass is 282 g/mol. The molecule has 0 atom stereocenters. The number of carbonyl (C=O) groups is 1. The smallest absolute Gasteiger partial charge is 0.259 e. The van der Waals surface area contributed by atoms with E-state index in [2.05, 4.69) is 25.7 Å². The lowest BCUT2D eigenvalue weighted by molar-refractivity contribution is 0.102. The van der Waals surface area contributed by atoms with E-state index in [-0.39, 0.29) is 5.91 Å². The third-order valence-corrected chi connectivity index (χ3v) is 3.18. The molecule has 7 nitrogen and oxygen atoms in total. The molecular formula is C14H14N6O. The molecule has 2 N–H and O–H groups in total. The van der Waals surface area contributed by atoms with E-state index in [1.54, 1.807) is 24.1 Å². The molecule has 106 valence electrons. The first kappa shape index (κ1) is 13.0. The number of anilines is 1. The number of aromatic amines is 1. The molecule has 0 unspecified atom stereocenters. The van der Waals surface area contributed by atoms with E-state index in [0.717, 1.165) is 11.4 Å². The average molecular weight is 282 g/mol. The Labute approximate surface area is 121 Å². The molecule has 2 heterocycles. The Morgan fingerprint density at radius 1 is 1.24 bits per heavy atom. The minimum Gasteiger partial charge on any atom is -0.322 e. The Bertz CT molecular complexity index is 755. The van der Waals surface area contributed by atoms with Crippen LogP contribution in [0.5, 0.6) is 0 Å². The molecule has 1 amide bonds. The zero-order chi connectivity index (χ0) is 14.8. The molecule has 21 heavy (non-hydrogen) atoms. The fourth-order valence-corrected chi connectivity index (χ4v) is 2.16. The SMILES string of the molecule is Cc1n[nH]c(C)c1C(=O)Nc1cccc(-n2cnnc2)c1. The summed E-state index contributed by atoms with van der Waals surface area (Å²) >= 11 is 0. The van der Waals surface area contributed by atoms with Gasteiger partial charge in [0.1, 0.15) is 12.7 Å². The van der Waals surface area contributed by atoms with E-state index in [0.29, 0.717) is 16.9 Å². The van der Waals surface area contributed by atoms with Gasteiger partial charge in [0.05, 0.1) is 16.9 Å². The highest BCUT2D eigenvalue weighted by Gasteiger charge is 2.15. The van der Waals surface area contributed by atoms with Crippen LogP contribution in [0.2, 0.25) is 0 Å². The molecule has 0 bridgehead atoms. The maximum atomic E-state index is 12.3. The average Bonchev–Trinajstić information content (AvgIpc) is 3.09. The lowest BCUT2D eigenvalue weighted by atomic mass is 10.2. The number of amides is 1. The molecule has 0 saturated carbocycles. The van der Waals surface area contributed by atoms with Crippen LogP contribution >= 0.6 is 0 Å². The van der Waals surface area contributed by atoms with E-state index in [4.69, 9.17) is 0 Å². The highest BCUT2D eigenvalue weighted by molar-refractivity contribution is 6.05. The summed E-state index contributed by atoms with van der Waals surface area (Å²) in [5, 5.41) is 17.2. The van der Waals surface area contributed by atoms with Crippen LogP contribution in [0.1, 0.15) is 21.7 Å². The van der Waals surface area contributed by atoms with Gasteiger partial charge in [-0.3, -0.25) is 14.5 Å². The van der Waals surface area contributed by atoms with Crippen molar-refractivity contribution in [1.82, 2.24) is 25.0 Å². The summed E-state index contributed by atoms with van der Waals surface area (Å²) in [4.78, 5) is 12.3. The zero-order valence-corrected chi connectivity index (χ0v) is 11.7. The largest absolute Gasteiger partial charge is 0.322 e. The van der Waals surface area contributed by atoms with Crippen molar-refractivity contribution in [2.75, 3.05) is 5.32 Å².